The predicted octanol–water partition coefficient (Wildman–Crippen LogP) is 6.11. The molecule has 1 heterocycles. The van der Waals surface area contributed by atoms with Crippen LogP contribution in [0.1, 0.15) is 18.9 Å². The molecule has 42 heavy (non-hydrogen) atoms. The van der Waals surface area contributed by atoms with Crippen LogP contribution in [-0.4, -0.2) is 41.8 Å². The molecule has 10 nitrogen and oxygen atoms in total. The summed E-state index contributed by atoms with van der Waals surface area (Å²) in [6.45, 7) is 0.800. The Morgan fingerprint density at radius 2 is 1.67 bits per heavy atom. The van der Waals surface area contributed by atoms with Gasteiger partial charge in [0.2, 0.25) is 0 Å². The van der Waals surface area contributed by atoms with Crippen molar-refractivity contribution in [3.05, 3.63) is 78.2 Å². The summed E-state index contributed by atoms with van der Waals surface area (Å²) in [5.74, 6) is -4.16. The lowest BCUT2D eigenvalue weighted by molar-refractivity contribution is -0.138. The molecule has 0 radical (unpaired) electrons. The Balaban J connectivity index is 1.45. The molecule has 0 saturated heterocycles. The Morgan fingerprint density at radius 1 is 0.976 bits per heavy atom. The summed E-state index contributed by atoms with van der Waals surface area (Å²) < 4.78 is 58.6. The second kappa shape index (κ2) is 12.6. The van der Waals surface area contributed by atoms with E-state index in [4.69, 9.17) is 25.1 Å². The van der Waals surface area contributed by atoms with Gasteiger partial charge in [0, 0.05) is 54.0 Å². The van der Waals surface area contributed by atoms with Crippen LogP contribution in [0, 0.1) is 5.82 Å². The van der Waals surface area contributed by atoms with Crippen molar-refractivity contribution in [1.29, 1.82) is 0 Å². The molecular weight excluding hydrogens is 557 g/mol. The zero-order chi connectivity index (χ0) is 30.4. The van der Waals surface area contributed by atoms with Crippen molar-refractivity contribution in [2.75, 3.05) is 24.4 Å². The molecule has 0 aliphatic carbocycles. The number of anilines is 2. The summed E-state index contributed by atoms with van der Waals surface area (Å²) in [5, 5.41) is 14.4. The first-order valence-corrected chi connectivity index (χ1v) is 12.6. The van der Waals surface area contributed by atoms with Crippen molar-refractivity contribution in [2.24, 2.45) is 5.73 Å². The number of carbonyl (C=O) groups excluding carboxylic acids is 1. The number of aromatic nitrogens is 1. The van der Waals surface area contributed by atoms with Crippen molar-refractivity contribution >= 4 is 34.3 Å². The fraction of sp³-hybridized carbons (Fsp3) is 0.207. The van der Waals surface area contributed by atoms with Gasteiger partial charge in [-0.05, 0) is 36.4 Å². The molecule has 0 bridgehead atoms. The standard InChI is InChI=1S/C29H27F3N4O6/c1-29(31,32)16-3-5-17(6-4-16)35-28(39)36-18-7-8-24(20(30)13-18)42-23-9-11-34-22-15-26(25(40-2)14-19(22)23)41-12-10-21(33)27(37)38/h3-9,11,13-15,21H,10,12,33H2,1-2H3,(H,37,38)(H2,35,36,39). The molecule has 4 rings (SSSR count). The number of alkyl halides is 2. The van der Waals surface area contributed by atoms with Gasteiger partial charge < -0.3 is 35.7 Å². The van der Waals surface area contributed by atoms with Gasteiger partial charge in [-0.25, -0.2) is 18.0 Å². The molecule has 0 aliphatic heterocycles. The quantitative estimate of drug-likeness (QED) is 0.165. The number of halogens is 3. The number of ether oxygens (including phenoxy) is 3. The van der Waals surface area contributed by atoms with E-state index in [1.54, 1.807) is 12.1 Å². The highest BCUT2D eigenvalue weighted by Crippen LogP contribution is 2.38. The molecule has 13 heteroatoms. The van der Waals surface area contributed by atoms with Gasteiger partial charge in [0.1, 0.15) is 11.8 Å². The van der Waals surface area contributed by atoms with E-state index in [9.17, 15) is 22.8 Å². The summed E-state index contributed by atoms with van der Waals surface area (Å²) in [6.07, 6.45) is 1.53. The third kappa shape index (κ3) is 7.37. The molecule has 2 amide bonds. The SMILES string of the molecule is COc1cc2c(Oc3ccc(NC(=O)Nc4ccc(C(C)(F)F)cc4)cc3F)ccnc2cc1OCCC(N)C(=O)O. The van der Waals surface area contributed by atoms with Gasteiger partial charge in [-0.2, -0.15) is 0 Å². The minimum absolute atomic E-state index is 0.0270. The number of carboxylic acids is 1. The number of nitrogens with zero attached hydrogens (tertiary/aromatic N) is 1. The number of nitrogens with two attached hydrogens (primary N) is 1. The number of pyridine rings is 1. The van der Waals surface area contributed by atoms with E-state index < -0.39 is 29.8 Å². The first-order valence-electron chi connectivity index (χ1n) is 12.6. The number of rotatable bonds is 11. The molecule has 0 fully saturated rings. The lowest BCUT2D eigenvalue weighted by Gasteiger charge is -2.15. The molecule has 4 aromatic rings. The molecular formula is C29H27F3N4O6. The average Bonchev–Trinajstić information content (AvgIpc) is 2.93. The summed E-state index contributed by atoms with van der Waals surface area (Å²) in [6, 6.07) is 11.8. The minimum atomic E-state index is -3.01. The van der Waals surface area contributed by atoms with E-state index in [1.165, 1.54) is 55.8 Å². The number of hydrogen-bond donors (Lipinski definition) is 4. The summed E-state index contributed by atoms with van der Waals surface area (Å²) in [5.41, 5.74) is 6.16. The monoisotopic (exact) mass is 584 g/mol. The fourth-order valence-electron chi connectivity index (χ4n) is 3.83. The lowest BCUT2D eigenvalue weighted by Crippen LogP contribution is -2.31. The van der Waals surface area contributed by atoms with Gasteiger partial charge in [-0.1, -0.05) is 12.1 Å². The van der Waals surface area contributed by atoms with Gasteiger partial charge in [-0.15, -0.1) is 0 Å². The maximum Gasteiger partial charge on any atom is 0.323 e. The highest BCUT2D eigenvalue weighted by molar-refractivity contribution is 5.99. The Kier molecular flexibility index (Phi) is 9.01. The molecule has 1 atom stereocenters. The first-order chi connectivity index (χ1) is 19.9. The molecule has 0 aliphatic rings. The van der Waals surface area contributed by atoms with Crippen LogP contribution in [-0.2, 0) is 10.7 Å². The first kappa shape index (κ1) is 29.9. The number of carbonyl (C=O) groups is 2. The van der Waals surface area contributed by atoms with E-state index in [0.29, 0.717) is 22.4 Å². The molecule has 0 saturated carbocycles. The van der Waals surface area contributed by atoms with Crippen molar-refractivity contribution in [2.45, 2.75) is 25.3 Å². The van der Waals surface area contributed by atoms with Gasteiger partial charge in [0.05, 0.1) is 19.2 Å². The zero-order valence-electron chi connectivity index (χ0n) is 22.5. The van der Waals surface area contributed by atoms with Gasteiger partial charge in [-0.3, -0.25) is 9.78 Å². The van der Waals surface area contributed by atoms with E-state index in [0.717, 1.165) is 13.0 Å². The van der Waals surface area contributed by atoms with E-state index in [-0.39, 0.29) is 41.5 Å². The summed E-state index contributed by atoms with van der Waals surface area (Å²) >= 11 is 0. The van der Waals surface area contributed by atoms with Crippen LogP contribution in [0.4, 0.5) is 29.3 Å². The van der Waals surface area contributed by atoms with E-state index in [1.807, 2.05) is 0 Å². The van der Waals surface area contributed by atoms with E-state index in [2.05, 4.69) is 15.6 Å². The topological polar surface area (TPSA) is 145 Å². The van der Waals surface area contributed by atoms with E-state index >= 15 is 0 Å². The highest BCUT2D eigenvalue weighted by atomic mass is 19.3. The maximum atomic E-state index is 15.0. The van der Waals surface area contributed by atoms with Crippen LogP contribution in [0.5, 0.6) is 23.0 Å². The summed E-state index contributed by atoms with van der Waals surface area (Å²) in [4.78, 5) is 27.5. The van der Waals surface area contributed by atoms with Gasteiger partial charge in [0.15, 0.2) is 23.1 Å². The van der Waals surface area contributed by atoms with Crippen LogP contribution >= 0.6 is 0 Å². The largest absolute Gasteiger partial charge is 0.493 e. The Bertz CT molecular complexity index is 1600. The number of hydrogen-bond acceptors (Lipinski definition) is 7. The van der Waals surface area contributed by atoms with Gasteiger partial charge >= 0.3 is 12.0 Å². The lowest BCUT2D eigenvalue weighted by atomic mass is 10.1. The Morgan fingerprint density at radius 3 is 2.31 bits per heavy atom. The third-order valence-electron chi connectivity index (χ3n) is 6.05. The molecule has 3 aromatic carbocycles. The van der Waals surface area contributed by atoms with Crippen LogP contribution in [0.25, 0.3) is 10.9 Å². The van der Waals surface area contributed by atoms with Gasteiger partial charge in [0.25, 0.3) is 5.92 Å². The third-order valence-corrected chi connectivity index (χ3v) is 6.05. The molecule has 220 valence electrons. The minimum Gasteiger partial charge on any atom is -0.493 e. The molecule has 1 aromatic heterocycles. The average molecular weight is 585 g/mol. The number of benzene rings is 3. The van der Waals surface area contributed by atoms with Crippen molar-refractivity contribution in [3.8, 4) is 23.0 Å². The molecule has 0 spiro atoms. The molecule has 1 unspecified atom stereocenters. The number of urea groups is 1. The summed E-state index contributed by atoms with van der Waals surface area (Å²) in [7, 11) is 1.42. The van der Waals surface area contributed by atoms with Crippen molar-refractivity contribution in [1.82, 2.24) is 4.98 Å². The van der Waals surface area contributed by atoms with Crippen LogP contribution in [0.2, 0.25) is 0 Å². The number of nitrogens with one attached hydrogen (secondary N) is 2. The normalized spacial score (nSPS) is 12.0. The predicted molar refractivity (Wildman–Crippen MR) is 149 cm³/mol. The fourth-order valence-corrected chi connectivity index (χ4v) is 3.83. The van der Waals surface area contributed by atoms with Crippen molar-refractivity contribution in [3.63, 3.8) is 0 Å². The highest BCUT2D eigenvalue weighted by Gasteiger charge is 2.23. The van der Waals surface area contributed by atoms with Crippen LogP contribution in [0.15, 0.2) is 66.9 Å². The number of methoxy groups -OCH3 is 1. The van der Waals surface area contributed by atoms with Crippen molar-refractivity contribution < 1.29 is 42.1 Å². The number of carboxylic acid groups (broad SMARTS) is 1. The second-order valence-corrected chi connectivity index (χ2v) is 9.20. The van der Waals surface area contributed by atoms with Crippen LogP contribution < -0.4 is 30.6 Å². The van der Waals surface area contributed by atoms with Crippen LogP contribution in [0.3, 0.4) is 0 Å². The maximum absolute atomic E-state index is 15.0. The Hall–Kier alpha value is -5.04. The zero-order valence-corrected chi connectivity index (χ0v) is 22.5. The molecule has 5 N–H and O–H groups in total. The number of aliphatic carboxylic acids is 1. The smallest absolute Gasteiger partial charge is 0.323 e. The number of fused-ring (bicyclic) bond motifs is 1. The number of amides is 2. The Labute approximate surface area is 238 Å². The second-order valence-electron chi connectivity index (χ2n) is 9.20.